The van der Waals surface area contributed by atoms with Gasteiger partial charge in [0.25, 0.3) is 0 Å². The van der Waals surface area contributed by atoms with E-state index in [1.165, 1.54) is 6.39 Å². The molecule has 2 heterocycles. The van der Waals surface area contributed by atoms with Gasteiger partial charge >= 0.3 is 5.97 Å². The molecule has 1 aromatic rings. The van der Waals surface area contributed by atoms with Crippen LogP contribution in [0.1, 0.15) is 31.2 Å². The molecule has 1 aliphatic heterocycles. The summed E-state index contributed by atoms with van der Waals surface area (Å²) in [5.74, 6) is 0.790. The summed E-state index contributed by atoms with van der Waals surface area (Å²) in [6.45, 7) is 6.72. The van der Waals surface area contributed by atoms with E-state index in [1.807, 2.05) is 13.8 Å². The van der Waals surface area contributed by atoms with Gasteiger partial charge in [0.05, 0.1) is 18.2 Å². The van der Waals surface area contributed by atoms with Crippen molar-refractivity contribution in [1.29, 1.82) is 0 Å². The molecule has 0 N–H and O–H groups in total. The molecule has 1 aliphatic rings. The summed E-state index contributed by atoms with van der Waals surface area (Å²) in [7, 11) is 0. The number of hydrogen-bond acceptors (Lipinski definition) is 5. The van der Waals surface area contributed by atoms with Crippen LogP contribution in [0.3, 0.4) is 0 Å². The van der Waals surface area contributed by atoms with Crippen LogP contribution in [0.15, 0.2) is 10.8 Å². The number of aryl methyl sites for hydroxylation is 1. The van der Waals surface area contributed by atoms with Gasteiger partial charge in [-0.1, -0.05) is 0 Å². The largest absolute Gasteiger partial charge is 0.466 e. The second-order valence-electron chi connectivity index (χ2n) is 4.68. The van der Waals surface area contributed by atoms with E-state index in [0.717, 1.165) is 43.9 Å². The maximum Gasteiger partial charge on any atom is 0.310 e. The Morgan fingerprint density at radius 2 is 2.50 bits per heavy atom. The first-order chi connectivity index (χ1) is 8.70. The summed E-state index contributed by atoms with van der Waals surface area (Å²) < 4.78 is 10.3. The first kappa shape index (κ1) is 13.1. The van der Waals surface area contributed by atoms with E-state index in [0.29, 0.717) is 6.61 Å². The highest BCUT2D eigenvalue weighted by Crippen LogP contribution is 2.20. The minimum Gasteiger partial charge on any atom is -0.466 e. The molecule has 5 nitrogen and oxygen atoms in total. The Bertz CT molecular complexity index is 403. The zero-order valence-electron chi connectivity index (χ0n) is 11.0. The predicted octanol–water partition coefficient (Wildman–Crippen LogP) is 1.76. The van der Waals surface area contributed by atoms with Crippen molar-refractivity contribution >= 4 is 5.97 Å². The number of nitrogens with zero attached hydrogens (tertiary/aromatic N) is 2. The minimum absolute atomic E-state index is 0.00547. The molecule has 0 aliphatic carbocycles. The van der Waals surface area contributed by atoms with Crippen LogP contribution < -0.4 is 0 Å². The summed E-state index contributed by atoms with van der Waals surface area (Å²) in [6, 6.07) is 0. The molecule has 2 rings (SSSR count). The van der Waals surface area contributed by atoms with Crippen LogP contribution in [0.2, 0.25) is 0 Å². The molecule has 100 valence electrons. The van der Waals surface area contributed by atoms with Crippen molar-refractivity contribution in [1.82, 2.24) is 9.88 Å². The number of rotatable bonds is 4. The lowest BCUT2D eigenvalue weighted by Gasteiger charge is -2.30. The van der Waals surface area contributed by atoms with Crippen LogP contribution in [0, 0.1) is 12.8 Å². The van der Waals surface area contributed by atoms with Crippen molar-refractivity contribution in [2.75, 3.05) is 19.7 Å². The average molecular weight is 252 g/mol. The summed E-state index contributed by atoms with van der Waals surface area (Å²) in [6.07, 6.45) is 3.42. The van der Waals surface area contributed by atoms with Crippen LogP contribution in [0.5, 0.6) is 0 Å². The van der Waals surface area contributed by atoms with Crippen molar-refractivity contribution in [3.63, 3.8) is 0 Å². The van der Waals surface area contributed by atoms with Gasteiger partial charge in [-0.15, -0.1) is 0 Å². The number of likely N-dealkylation sites (tertiary alicyclic amines) is 1. The summed E-state index contributed by atoms with van der Waals surface area (Å²) >= 11 is 0. The molecular formula is C13H20N2O3. The Morgan fingerprint density at radius 1 is 1.67 bits per heavy atom. The van der Waals surface area contributed by atoms with Crippen molar-refractivity contribution < 1.29 is 13.9 Å². The van der Waals surface area contributed by atoms with Crippen LogP contribution in [-0.4, -0.2) is 35.5 Å². The fourth-order valence-electron chi connectivity index (χ4n) is 2.34. The van der Waals surface area contributed by atoms with Crippen LogP contribution in [0.4, 0.5) is 0 Å². The monoisotopic (exact) mass is 252 g/mol. The topological polar surface area (TPSA) is 55.6 Å². The molecule has 18 heavy (non-hydrogen) atoms. The fourth-order valence-corrected chi connectivity index (χ4v) is 2.34. The maximum atomic E-state index is 11.7. The SMILES string of the molecule is CCOC(=O)[C@H]1CCCN(Cc2ncoc2C)C1. The van der Waals surface area contributed by atoms with Gasteiger partial charge in [-0.2, -0.15) is 0 Å². The first-order valence-corrected chi connectivity index (χ1v) is 6.48. The standard InChI is InChI=1S/C13H20N2O3/c1-3-17-13(16)11-5-4-6-15(7-11)8-12-10(2)18-9-14-12/h9,11H,3-8H2,1-2H3/t11-/m0/s1. The van der Waals surface area contributed by atoms with E-state index in [9.17, 15) is 4.79 Å². The third-order valence-electron chi connectivity index (χ3n) is 3.34. The Hall–Kier alpha value is -1.36. The third-order valence-corrected chi connectivity index (χ3v) is 3.34. The number of piperidine rings is 1. The minimum atomic E-state index is -0.0703. The van der Waals surface area contributed by atoms with Crippen molar-refractivity contribution in [3.05, 3.63) is 17.8 Å². The predicted molar refractivity (Wildman–Crippen MR) is 65.9 cm³/mol. The van der Waals surface area contributed by atoms with Gasteiger partial charge in [-0.3, -0.25) is 9.69 Å². The lowest BCUT2D eigenvalue weighted by atomic mass is 9.98. The Kier molecular flexibility index (Phi) is 4.36. The van der Waals surface area contributed by atoms with Crippen molar-refractivity contribution in [2.45, 2.75) is 33.2 Å². The Morgan fingerprint density at radius 3 is 3.17 bits per heavy atom. The number of esters is 1. The lowest BCUT2D eigenvalue weighted by molar-refractivity contribution is -0.150. The number of carbonyl (C=O) groups is 1. The molecule has 5 heteroatoms. The second-order valence-corrected chi connectivity index (χ2v) is 4.68. The number of carbonyl (C=O) groups excluding carboxylic acids is 1. The molecule has 0 spiro atoms. The van der Waals surface area contributed by atoms with Crippen LogP contribution in [-0.2, 0) is 16.1 Å². The zero-order valence-corrected chi connectivity index (χ0v) is 11.0. The molecule has 1 aromatic heterocycles. The molecule has 0 amide bonds. The molecule has 0 aromatic carbocycles. The molecule has 0 unspecified atom stereocenters. The van der Waals surface area contributed by atoms with Gasteiger partial charge in [-0.05, 0) is 33.2 Å². The van der Waals surface area contributed by atoms with E-state index < -0.39 is 0 Å². The number of hydrogen-bond donors (Lipinski definition) is 0. The van der Waals surface area contributed by atoms with Gasteiger partial charge in [0.2, 0.25) is 0 Å². The van der Waals surface area contributed by atoms with Gasteiger partial charge in [0.15, 0.2) is 6.39 Å². The molecule has 1 fully saturated rings. The van der Waals surface area contributed by atoms with Crippen LogP contribution in [0.25, 0.3) is 0 Å². The second kappa shape index (κ2) is 6.00. The van der Waals surface area contributed by atoms with E-state index >= 15 is 0 Å². The molecule has 0 bridgehead atoms. The highest BCUT2D eigenvalue weighted by Gasteiger charge is 2.27. The quantitative estimate of drug-likeness (QED) is 0.764. The highest BCUT2D eigenvalue weighted by atomic mass is 16.5. The van der Waals surface area contributed by atoms with E-state index in [2.05, 4.69) is 9.88 Å². The summed E-state index contributed by atoms with van der Waals surface area (Å²) in [5.41, 5.74) is 0.958. The number of oxazole rings is 1. The van der Waals surface area contributed by atoms with Crippen molar-refractivity contribution in [3.8, 4) is 0 Å². The fraction of sp³-hybridized carbons (Fsp3) is 0.692. The number of aromatic nitrogens is 1. The van der Waals surface area contributed by atoms with Gasteiger partial charge in [0, 0.05) is 13.1 Å². The maximum absolute atomic E-state index is 11.7. The van der Waals surface area contributed by atoms with Gasteiger partial charge < -0.3 is 9.15 Å². The molecule has 1 atom stereocenters. The zero-order chi connectivity index (χ0) is 13.0. The molecule has 0 radical (unpaired) electrons. The Balaban J connectivity index is 1.91. The molecule has 0 saturated carbocycles. The van der Waals surface area contributed by atoms with E-state index in [4.69, 9.17) is 9.15 Å². The molecule has 1 saturated heterocycles. The van der Waals surface area contributed by atoms with E-state index in [1.54, 1.807) is 0 Å². The summed E-state index contributed by atoms with van der Waals surface area (Å²) in [5, 5.41) is 0. The highest BCUT2D eigenvalue weighted by molar-refractivity contribution is 5.72. The van der Waals surface area contributed by atoms with Gasteiger partial charge in [0.1, 0.15) is 5.76 Å². The van der Waals surface area contributed by atoms with Crippen molar-refractivity contribution in [2.24, 2.45) is 5.92 Å². The lowest BCUT2D eigenvalue weighted by Crippen LogP contribution is -2.39. The third kappa shape index (κ3) is 3.10. The summed E-state index contributed by atoms with van der Waals surface area (Å²) in [4.78, 5) is 18.2. The smallest absolute Gasteiger partial charge is 0.310 e. The van der Waals surface area contributed by atoms with E-state index in [-0.39, 0.29) is 11.9 Å². The van der Waals surface area contributed by atoms with Gasteiger partial charge in [-0.25, -0.2) is 4.98 Å². The molecular weight excluding hydrogens is 232 g/mol. The normalized spacial score (nSPS) is 20.9. The first-order valence-electron chi connectivity index (χ1n) is 6.48. The Labute approximate surface area is 107 Å². The average Bonchev–Trinajstić information content (AvgIpc) is 2.76. The number of ether oxygens (including phenoxy) is 1. The van der Waals surface area contributed by atoms with Crippen LogP contribution >= 0.6 is 0 Å².